The van der Waals surface area contributed by atoms with Gasteiger partial charge in [-0.1, -0.05) is 0 Å². The molecule has 30 heteroatoms. The van der Waals surface area contributed by atoms with E-state index in [4.69, 9.17) is 10.2 Å². The molecule has 0 saturated carbocycles. The molecular weight excluding hydrogens is 810 g/mol. The van der Waals surface area contributed by atoms with Gasteiger partial charge in [-0.05, 0) is 0 Å². The number of aliphatic hydroxyl groups excluding tert-OH is 2. The molecule has 2 unspecified atom stereocenters. The summed E-state index contributed by atoms with van der Waals surface area (Å²) < 4.78 is 357. The molecule has 0 aromatic carbocycles. The lowest BCUT2D eigenvalue weighted by Crippen LogP contribution is -2.70. The molecule has 2 N–H and O–H groups in total. The number of rotatable bonds is 16. The maximum Gasteiger partial charge on any atom is 0.460 e. The van der Waals surface area contributed by atoms with Crippen molar-refractivity contribution in [3.05, 3.63) is 0 Å². The van der Waals surface area contributed by atoms with Crippen LogP contribution in [0.4, 0.5) is 114 Å². The number of aliphatic hydroxyl groups is 2. The molecule has 1 rings (SSSR count). The van der Waals surface area contributed by atoms with E-state index in [0.717, 1.165) is 0 Å². The third kappa shape index (κ3) is 7.06. The van der Waals surface area contributed by atoms with Crippen LogP contribution in [0.2, 0.25) is 0 Å². The van der Waals surface area contributed by atoms with Crippen molar-refractivity contribution in [1.82, 2.24) is 0 Å². The molecule has 2 atom stereocenters. The first kappa shape index (κ1) is 47.0. The van der Waals surface area contributed by atoms with Gasteiger partial charge < -0.3 is 19.7 Å². The van der Waals surface area contributed by atoms with Crippen molar-refractivity contribution in [2.75, 3.05) is 13.2 Å². The van der Waals surface area contributed by atoms with Crippen molar-refractivity contribution in [2.45, 2.75) is 115 Å². The predicted octanol–water partition coefficient (Wildman–Crippen LogP) is 8.49. The van der Waals surface area contributed by atoms with Gasteiger partial charge >= 0.3 is 71.6 Å². The van der Waals surface area contributed by atoms with E-state index in [2.05, 4.69) is 9.47 Å². The summed E-state index contributed by atoms with van der Waals surface area (Å²) in [6.07, 6.45) is -32.7. The summed E-state index contributed by atoms with van der Waals surface area (Å²) in [6.45, 7) is -3.31. The highest BCUT2D eigenvalue weighted by Crippen LogP contribution is 2.63. The van der Waals surface area contributed by atoms with E-state index >= 15 is 0 Å². The highest BCUT2D eigenvalue weighted by molar-refractivity contribution is 5.12. The largest absolute Gasteiger partial charge is 0.460 e. The van der Waals surface area contributed by atoms with Crippen LogP contribution in [0.15, 0.2) is 0 Å². The van der Waals surface area contributed by atoms with E-state index in [-0.39, 0.29) is 0 Å². The minimum absolute atomic E-state index is 1.65. The number of hydrogen-bond acceptors (Lipinski definition) is 4. The van der Waals surface area contributed by atoms with Crippen molar-refractivity contribution in [3.63, 3.8) is 0 Å². The Hall–Kier alpha value is -1.98. The molecule has 0 bridgehead atoms. The van der Waals surface area contributed by atoms with E-state index in [0.29, 0.717) is 0 Å². The smallest absolute Gasteiger partial charge is 0.394 e. The normalized spacial score (nSPS) is 21.4. The molecule has 51 heavy (non-hydrogen) atoms. The average Bonchev–Trinajstić information content (AvgIpc) is 3.31. The Morgan fingerprint density at radius 2 is 0.569 bits per heavy atom. The summed E-state index contributed by atoms with van der Waals surface area (Å²) >= 11 is 0. The van der Waals surface area contributed by atoms with Crippen LogP contribution in [0, 0.1) is 0 Å². The second kappa shape index (κ2) is 13.1. The average molecular weight is 826 g/mol. The molecule has 0 aliphatic carbocycles. The van der Waals surface area contributed by atoms with Crippen LogP contribution >= 0.6 is 0 Å². The van der Waals surface area contributed by atoms with Gasteiger partial charge in [-0.15, -0.1) is 0 Å². The second-order valence-electron chi connectivity index (χ2n) is 10.6. The van der Waals surface area contributed by atoms with Gasteiger partial charge in [0.15, 0.2) is 5.79 Å². The fraction of sp³-hybridized carbons (Fsp3) is 1.00. The number of ether oxygens (including phenoxy) is 2. The van der Waals surface area contributed by atoms with Crippen molar-refractivity contribution < 1.29 is 134 Å². The quantitative estimate of drug-likeness (QED) is 0.154. The van der Waals surface area contributed by atoms with Gasteiger partial charge in [-0.25, -0.2) is 0 Å². The molecule has 1 saturated heterocycles. The molecule has 1 aliphatic heterocycles. The lowest BCUT2D eigenvalue weighted by molar-refractivity contribution is -0.441. The fourth-order valence-corrected chi connectivity index (χ4v) is 4.01. The first-order chi connectivity index (χ1) is 22.0. The van der Waals surface area contributed by atoms with Gasteiger partial charge in [0.25, 0.3) is 0 Å². The molecular formula is C21H16F26O4. The Morgan fingerprint density at radius 1 is 0.353 bits per heavy atom. The predicted molar refractivity (Wildman–Crippen MR) is 107 cm³/mol. The van der Waals surface area contributed by atoms with Crippen LogP contribution in [-0.2, 0) is 9.47 Å². The molecule has 0 aromatic heterocycles. The summed E-state index contributed by atoms with van der Waals surface area (Å²) in [5, 5.41) is 18.3. The molecule has 0 radical (unpaired) electrons. The Balaban J connectivity index is 3.63. The molecule has 1 aliphatic rings. The zero-order valence-corrected chi connectivity index (χ0v) is 23.4. The van der Waals surface area contributed by atoms with Crippen LogP contribution in [0.3, 0.4) is 0 Å². The summed E-state index contributed by atoms with van der Waals surface area (Å²) in [6, 6.07) is 0. The maximum atomic E-state index is 14.3. The third-order valence-corrected chi connectivity index (χ3v) is 7.14. The van der Waals surface area contributed by atoms with Gasteiger partial charge in [0.1, 0.15) is 12.2 Å². The standard InChI is InChI=1S/C21H16F26O4/c22-10(23,12(26,27)14(30,31)16(34,35)18(38,39)20(42,43)44)3-1-9(50-7(5-48)8(6-49)51-9)2-4-11(24,25)13(28,29)15(32,33)17(36,37)19(40,41)21(45,46)47/h7-8,48-49H,1-6H2. The lowest BCUT2D eigenvalue weighted by atomic mass is 9.88. The maximum absolute atomic E-state index is 14.3. The van der Waals surface area contributed by atoms with Crippen LogP contribution in [0.25, 0.3) is 0 Å². The van der Waals surface area contributed by atoms with Crippen LogP contribution in [0.1, 0.15) is 25.7 Å². The van der Waals surface area contributed by atoms with Crippen molar-refractivity contribution >= 4 is 0 Å². The second-order valence-corrected chi connectivity index (χ2v) is 10.6. The SMILES string of the molecule is OCC1OC(CCC(F)(F)C(F)(F)C(F)(F)C(F)(F)C(F)(F)C(F)(F)F)(CCC(F)(F)C(F)(F)C(F)(F)C(F)(F)C(F)(F)C(F)(F)F)OC1CO. The molecule has 0 spiro atoms. The van der Waals surface area contributed by atoms with Gasteiger partial charge in [0.2, 0.25) is 0 Å². The molecule has 306 valence electrons. The number of alkyl halides is 26. The Morgan fingerprint density at radius 3 is 0.765 bits per heavy atom. The van der Waals surface area contributed by atoms with Gasteiger partial charge in [-0.2, -0.15) is 114 Å². The Labute approximate surface area is 263 Å². The summed E-state index contributed by atoms with van der Waals surface area (Å²) in [7, 11) is 0. The topological polar surface area (TPSA) is 58.9 Å². The van der Waals surface area contributed by atoms with Gasteiger partial charge in [-0.3, -0.25) is 0 Å². The Kier molecular flexibility index (Phi) is 12.1. The highest BCUT2D eigenvalue weighted by atomic mass is 19.4. The molecule has 1 heterocycles. The van der Waals surface area contributed by atoms with Crippen LogP contribution in [0.5, 0.6) is 0 Å². The van der Waals surface area contributed by atoms with Crippen molar-refractivity contribution in [1.29, 1.82) is 0 Å². The Bertz CT molecular complexity index is 1110. The van der Waals surface area contributed by atoms with E-state index < -0.39 is 128 Å². The molecule has 1 fully saturated rings. The molecule has 4 nitrogen and oxygen atoms in total. The van der Waals surface area contributed by atoms with Crippen LogP contribution in [-0.4, -0.2) is 113 Å². The number of hydrogen-bond donors (Lipinski definition) is 2. The summed E-state index contributed by atoms with van der Waals surface area (Å²) in [5.74, 6) is -84.5. The van der Waals surface area contributed by atoms with E-state index in [1.54, 1.807) is 0 Å². The third-order valence-electron chi connectivity index (χ3n) is 7.14. The summed E-state index contributed by atoms with van der Waals surface area (Å²) in [5.41, 5.74) is 0. The molecule has 0 amide bonds. The first-order valence-corrected chi connectivity index (χ1v) is 12.5. The highest BCUT2D eigenvalue weighted by Gasteiger charge is 2.92. The van der Waals surface area contributed by atoms with E-state index in [1.165, 1.54) is 0 Å². The van der Waals surface area contributed by atoms with Gasteiger partial charge in [0, 0.05) is 25.7 Å². The zero-order valence-electron chi connectivity index (χ0n) is 23.4. The number of halogens is 26. The zero-order chi connectivity index (χ0) is 41.3. The van der Waals surface area contributed by atoms with Gasteiger partial charge in [0.05, 0.1) is 13.2 Å². The lowest BCUT2D eigenvalue weighted by Gasteiger charge is -2.41. The monoisotopic (exact) mass is 826 g/mol. The summed E-state index contributed by atoms with van der Waals surface area (Å²) in [4.78, 5) is 0. The minimum atomic E-state index is -8.45. The van der Waals surface area contributed by atoms with E-state index in [9.17, 15) is 114 Å². The fourth-order valence-electron chi connectivity index (χ4n) is 4.01. The van der Waals surface area contributed by atoms with Crippen molar-refractivity contribution in [2.24, 2.45) is 0 Å². The van der Waals surface area contributed by atoms with Crippen molar-refractivity contribution in [3.8, 4) is 0 Å². The van der Waals surface area contributed by atoms with Crippen LogP contribution < -0.4 is 0 Å². The molecule has 0 aromatic rings. The first-order valence-electron chi connectivity index (χ1n) is 12.5. The minimum Gasteiger partial charge on any atom is -0.394 e. The van der Waals surface area contributed by atoms with E-state index in [1.807, 2.05) is 0 Å².